The second-order valence-corrected chi connectivity index (χ2v) is 2.14. The first-order chi connectivity index (χ1) is 5.24. The zero-order chi connectivity index (χ0) is 8.27. The van der Waals surface area contributed by atoms with Gasteiger partial charge in [0.2, 0.25) is 0 Å². The molecule has 0 fully saturated rings. The molecule has 1 amide bonds. The lowest BCUT2D eigenvalue weighted by Crippen LogP contribution is -2.12. The molecule has 0 aliphatic heterocycles. The highest BCUT2D eigenvalue weighted by atomic mass is 32.1. The second-order valence-electron chi connectivity index (χ2n) is 1.91. The largest absolute Gasteiger partial charge is 0.384 e. The number of rotatable bonds is 1. The van der Waals surface area contributed by atoms with E-state index >= 15 is 0 Å². The molecule has 1 aromatic rings. The van der Waals surface area contributed by atoms with Crippen LogP contribution in [0.2, 0.25) is 0 Å². The smallest absolute Gasteiger partial charge is 0.262 e. The van der Waals surface area contributed by atoms with Crippen LogP contribution < -0.4 is 10.5 Å². The predicted molar refractivity (Wildman–Crippen MR) is 45.1 cm³/mol. The fourth-order valence-corrected chi connectivity index (χ4v) is 0.733. The van der Waals surface area contributed by atoms with Crippen molar-refractivity contribution in [1.82, 2.24) is 9.71 Å². The van der Waals surface area contributed by atoms with Crippen molar-refractivity contribution < 1.29 is 4.79 Å². The summed E-state index contributed by atoms with van der Waals surface area (Å²) in [4.78, 5) is 14.6. The number of anilines is 1. The number of pyridine rings is 1. The number of thiol groups is 1. The van der Waals surface area contributed by atoms with E-state index in [4.69, 9.17) is 5.73 Å². The topological polar surface area (TPSA) is 68.0 Å². The van der Waals surface area contributed by atoms with Gasteiger partial charge in [-0.1, -0.05) is 12.8 Å². The quantitative estimate of drug-likeness (QED) is 0.527. The number of nitrogens with zero attached hydrogens (tertiary/aromatic N) is 1. The third-order valence-electron chi connectivity index (χ3n) is 1.15. The summed E-state index contributed by atoms with van der Waals surface area (Å²) in [5, 5.41) is 0. The molecule has 0 spiro atoms. The average molecular weight is 169 g/mol. The fraction of sp³-hybridized carbons (Fsp3) is 0. The molecule has 58 valence electrons. The number of aromatic nitrogens is 1. The van der Waals surface area contributed by atoms with Gasteiger partial charge in [-0.25, -0.2) is 4.98 Å². The van der Waals surface area contributed by atoms with E-state index in [1.54, 1.807) is 12.1 Å². The van der Waals surface area contributed by atoms with Crippen LogP contribution in [-0.2, 0) is 0 Å². The van der Waals surface area contributed by atoms with Gasteiger partial charge in [0.25, 0.3) is 5.91 Å². The maximum absolute atomic E-state index is 10.9. The summed E-state index contributed by atoms with van der Waals surface area (Å²) in [6.45, 7) is 0. The number of nitrogens with one attached hydrogen (secondary N) is 1. The van der Waals surface area contributed by atoms with Crippen molar-refractivity contribution >= 4 is 24.5 Å². The van der Waals surface area contributed by atoms with Gasteiger partial charge in [0.1, 0.15) is 5.82 Å². The number of carbonyl (C=O) groups is 1. The van der Waals surface area contributed by atoms with E-state index in [0.29, 0.717) is 11.4 Å². The first kappa shape index (κ1) is 7.87. The molecular formula is C6H7N3OS. The number of amides is 1. The van der Waals surface area contributed by atoms with Crippen LogP contribution in [0, 0.1) is 0 Å². The van der Waals surface area contributed by atoms with Crippen LogP contribution in [0.3, 0.4) is 0 Å². The molecule has 0 saturated carbocycles. The van der Waals surface area contributed by atoms with Gasteiger partial charge in [-0.2, -0.15) is 0 Å². The van der Waals surface area contributed by atoms with Gasteiger partial charge in [-0.3, -0.25) is 9.52 Å². The molecule has 0 unspecified atom stereocenters. The van der Waals surface area contributed by atoms with E-state index in [-0.39, 0.29) is 5.91 Å². The molecule has 1 aromatic heterocycles. The summed E-state index contributed by atoms with van der Waals surface area (Å²) in [5.74, 6) is 0.0987. The van der Waals surface area contributed by atoms with Crippen molar-refractivity contribution in [2.45, 2.75) is 0 Å². The highest BCUT2D eigenvalue weighted by molar-refractivity contribution is 7.78. The van der Waals surface area contributed by atoms with Gasteiger partial charge < -0.3 is 5.73 Å². The average Bonchev–Trinajstić information content (AvgIpc) is 2.05. The predicted octanol–water partition coefficient (Wildman–Crippen LogP) is 0.238. The molecule has 1 heterocycles. The molecule has 11 heavy (non-hydrogen) atoms. The van der Waals surface area contributed by atoms with Crippen molar-refractivity contribution in [1.29, 1.82) is 0 Å². The summed E-state index contributed by atoms with van der Waals surface area (Å²) < 4.78 is 2.18. The number of nitrogens with two attached hydrogens (primary N) is 1. The fourth-order valence-electron chi connectivity index (χ4n) is 0.604. The van der Waals surface area contributed by atoms with Crippen LogP contribution in [-0.4, -0.2) is 10.9 Å². The van der Waals surface area contributed by atoms with Crippen LogP contribution in [0.25, 0.3) is 0 Å². The summed E-state index contributed by atoms with van der Waals surface area (Å²) >= 11 is 3.59. The van der Waals surface area contributed by atoms with Gasteiger partial charge in [0.05, 0.1) is 5.56 Å². The van der Waals surface area contributed by atoms with Crippen LogP contribution in [0.5, 0.6) is 0 Å². The van der Waals surface area contributed by atoms with E-state index in [9.17, 15) is 4.79 Å². The van der Waals surface area contributed by atoms with Crippen LogP contribution in [0.1, 0.15) is 10.4 Å². The Morgan fingerprint density at radius 1 is 1.64 bits per heavy atom. The summed E-state index contributed by atoms with van der Waals surface area (Å²) in [6.07, 6.45) is 1.39. The van der Waals surface area contributed by atoms with Gasteiger partial charge >= 0.3 is 0 Å². The van der Waals surface area contributed by atoms with Gasteiger partial charge in [0.15, 0.2) is 0 Å². The van der Waals surface area contributed by atoms with Crippen molar-refractivity contribution in [3.63, 3.8) is 0 Å². The summed E-state index contributed by atoms with van der Waals surface area (Å²) in [5.41, 5.74) is 5.75. The van der Waals surface area contributed by atoms with E-state index in [1.165, 1.54) is 6.20 Å². The van der Waals surface area contributed by atoms with E-state index in [2.05, 4.69) is 22.5 Å². The van der Waals surface area contributed by atoms with E-state index < -0.39 is 0 Å². The molecule has 3 N–H and O–H groups in total. The standard InChI is InChI=1S/C6H7N3OS/c7-5-2-1-4(3-8-5)6(10)9-11/h1-3,11H,(H2,7,8)(H,9,10). The second kappa shape index (κ2) is 3.25. The highest BCUT2D eigenvalue weighted by Gasteiger charge is 2.01. The Morgan fingerprint density at radius 3 is 2.82 bits per heavy atom. The Morgan fingerprint density at radius 2 is 2.36 bits per heavy atom. The zero-order valence-electron chi connectivity index (χ0n) is 5.61. The lowest BCUT2D eigenvalue weighted by molar-refractivity contribution is 0.0985. The van der Waals surface area contributed by atoms with Crippen molar-refractivity contribution in [2.75, 3.05) is 5.73 Å². The Hall–Kier alpha value is -1.23. The SMILES string of the molecule is Nc1ccc(C(=O)NS)cn1. The first-order valence-corrected chi connectivity index (χ1v) is 3.34. The Kier molecular flexibility index (Phi) is 2.32. The van der Waals surface area contributed by atoms with Crippen LogP contribution >= 0.6 is 12.8 Å². The van der Waals surface area contributed by atoms with Crippen molar-refractivity contribution in [2.24, 2.45) is 0 Å². The van der Waals surface area contributed by atoms with Crippen LogP contribution in [0.15, 0.2) is 18.3 Å². The zero-order valence-corrected chi connectivity index (χ0v) is 6.51. The number of hydrogen-bond acceptors (Lipinski definition) is 4. The minimum atomic E-state index is -0.291. The number of nitrogen functional groups attached to an aromatic ring is 1. The maximum atomic E-state index is 10.9. The van der Waals surface area contributed by atoms with Gasteiger partial charge in [-0.05, 0) is 12.1 Å². The summed E-state index contributed by atoms with van der Waals surface area (Å²) in [7, 11) is 0. The number of hydrogen-bond donors (Lipinski definition) is 3. The number of carbonyl (C=O) groups excluding carboxylic acids is 1. The third-order valence-corrected chi connectivity index (χ3v) is 1.35. The lowest BCUT2D eigenvalue weighted by Gasteiger charge is -1.96. The molecule has 0 aliphatic rings. The monoisotopic (exact) mass is 169 g/mol. The summed E-state index contributed by atoms with van der Waals surface area (Å²) in [6, 6.07) is 3.13. The molecular weight excluding hydrogens is 162 g/mol. The normalized spacial score (nSPS) is 9.18. The molecule has 0 saturated heterocycles. The third kappa shape index (κ3) is 1.84. The molecule has 0 atom stereocenters. The van der Waals surface area contributed by atoms with Gasteiger partial charge in [-0.15, -0.1) is 0 Å². The van der Waals surface area contributed by atoms with E-state index in [1.807, 2.05) is 0 Å². The van der Waals surface area contributed by atoms with Gasteiger partial charge in [0, 0.05) is 6.20 Å². The van der Waals surface area contributed by atoms with Crippen LogP contribution in [0.4, 0.5) is 5.82 Å². The molecule has 0 radical (unpaired) electrons. The van der Waals surface area contributed by atoms with Crippen molar-refractivity contribution in [3.05, 3.63) is 23.9 Å². The first-order valence-electron chi connectivity index (χ1n) is 2.90. The molecule has 0 bridgehead atoms. The molecule has 1 rings (SSSR count). The lowest BCUT2D eigenvalue weighted by atomic mass is 10.3. The molecule has 0 aliphatic carbocycles. The molecule has 5 heteroatoms. The Labute approximate surface area is 69.4 Å². The molecule has 4 nitrogen and oxygen atoms in total. The Balaban J connectivity index is 2.90. The Bertz CT molecular complexity index is 259. The minimum absolute atomic E-state index is 0.291. The van der Waals surface area contributed by atoms with Crippen molar-refractivity contribution in [3.8, 4) is 0 Å². The molecule has 0 aromatic carbocycles. The highest BCUT2D eigenvalue weighted by Crippen LogP contribution is 2.00. The van der Waals surface area contributed by atoms with E-state index in [0.717, 1.165) is 0 Å². The maximum Gasteiger partial charge on any atom is 0.262 e. The minimum Gasteiger partial charge on any atom is -0.384 e.